The van der Waals surface area contributed by atoms with Gasteiger partial charge in [-0.3, -0.25) is 4.79 Å². The first-order chi connectivity index (χ1) is 15.8. The quantitative estimate of drug-likeness (QED) is 0.433. The summed E-state index contributed by atoms with van der Waals surface area (Å²) in [7, 11) is 0. The van der Waals surface area contributed by atoms with Crippen molar-refractivity contribution < 1.29 is 13.9 Å². The number of rotatable bonds is 7. The van der Waals surface area contributed by atoms with E-state index in [9.17, 15) is 4.79 Å². The summed E-state index contributed by atoms with van der Waals surface area (Å²) in [6.07, 6.45) is 0.112. The first-order valence-corrected chi connectivity index (χ1v) is 10.8. The van der Waals surface area contributed by atoms with Crippen LogP contribution in [0.2, 0.25) is 0 Å². The Morgan fingerprint density at radius 1 is 1.09 bits per heavy atom. The lowest BCUT2D eigenvalue weighted by atomic mass is 10.2. The van der Waals surface area contributed by atoms with E-state index in [1.165, 1.54) is 0 Å². The molecule has 8 heteroatoms. The number of para-hydroxylation sites is 1. The summed E-state index contributed by atoms with van der Waals surface area (Å²) in [4.78, 5) is 17.4. The smallest absolute Gasteiger partial charge is 0.278 e. The molecular weight excluding hydrogens is 418 g/mol. The molecule has 1 N–H and O–H groups in total. The van der Waals surface area contributed by atoms with E-state index in [0.29, 0.717) is 23.9 Å². The third-order valence-electron chi connectivity index (χ3n) is 5.26. The van der Waals surface area contributed by atoms with Gasteiger partial charge in [0.2, 0.25) is 5.89 Å². The SMILES string of the molecule is Cc1ccccc1NC(=O)c1nnn(Cc2nc(-c3ccc(OC(C)C)cc3)oc2C)c1C. The molecule has 4 rings (SSSR count). The van der Waals surface area contributed by atoms with Crippen molar-refractivity contribution in [3.8, 4) is 17.2 Å². The van der Waals surface area contributed by atoms with Crippen LogP contribution in [0, 0.1) is 20.8 Å². The Kier molecular flexibility index (Phi) is 6.26. The molecule has 0 saturated carbocycles. The molecule has 170 valence electrons. The summed E-state index contributed by atoms with van der Waals surface area (Å²) >= 11 is 0. The van der Waals surface area contributed by atoms with Crippen LogP contribution in [0.5, 0.6) is 5.75 Å². The summed E-state index contributed by atoms with van der Waals surface area (Å²) in [5.74, 6) is 1.71. The van der Waals surface area contributed by atoms with E-state index < -0.39 is 0 Å². The fraction of sp³-hybridized carbons (Fsp3) is 0.280. The van der Waals surface area contributed by atoms with Crippen molar-refractivity contribution in [1.29, 1.82) is 0 Å². The van der Waals surface area contributed by atoms with Crippen molar-refractivity contribution in [3.63, 3.8) is 0 Å². The Hall–Kier alpha value is -3.94. The van der Waals surface area contributed by atoms with Crippen LogP contribution in [0.3, 0.4) is 0 Å². The first kappa shape index (κ1) is 22.3. The van der Waals surface area contributed by atoms with Gasteiger partial charge in [-0.05, 0) is 70.5 Å². The highest BCUT2D eigenvalue weighted by molar-refractivity contribution is 6.03. The number of nitrogens with zero attached hydrogens (tertiary/aromatic N) is 4. The van der Waals surface area contributed by atoms with E-state index in [1.54, 1.807) is 4.68 Å². The zero-order valence-electron chi connectivity index (χ0n) is 19.4. The molecule has 0 aliphatic heterocycles. The van der Waals surface area contributed by atoms with Gasteiger partial charge in [0.1, 0.15) is 17.2 Å². The molecule has 0 aliphatic carbocycles. The number of ether oxygens (including phenoxy) is 1. The van der Waals surface area contributed by atoms with Gasteiger partial charge in [-0.25, -0.2) is 9.67 Å². The van der Waals surface area contributed by atoms with Gasteiger partial charge >= 0.3 is 0 Å². The number of hydrogen-bond donors (Lipinski definition) is 1. The average Bonchev–Trinajstić information content (AvgIpc) is 3.33. The zero-order chi connectivity index (χ0) is 23.5. The fourth-order valence-corrected chi connectivity index (χ4v) is 3.40. The number of hydrogen-bond acceptors (Lipinski definition) is 6. The standard InChI is InChI=1S/C25H27N5O3/c1-15(2)32-20-12-10-19(11-13-20)25-27-22(18(5)33-25)14-30-17(4)23(28-29-30)24(31)26-21-9-7-6-8-16(21)3/h6-13,15H,14H2,1-5H3,(H,26,31). The lowest BCUT2D eigenvalue weighted by molar-refractivity contribution is 0.102. The molecule has 0 spiro atoms. The monoisotopic (exact) mass is 445 g/mol. The topological polar surface area (TPSA) is 95.1 Å². The third-order valence-corrected chi connectivity index (χ3v) is 5.26. The summed E-state index contributed by atoms with van der Waals surface area (Å²) in [5.41, 5.74) is 4.24. The van der Waals surface area contributed by atoms with Crippen molar-refractivity contribution in [3.05, 3.63) is 76.9 Å². The molecule has 0 saturated heterocycles. The summed E-state index contributed by atoms with van der Waals surface area (Å²) in [5, 5.41) is 11.2. The van der Waals surface area contributed by atoms with Crippen molar-refractivity contribution in [2.75, 3.05) is 5.32 Å². The summed E-state index contributed by atoms with van der Waals surface area (Å²) in [6, 6.07) is 15.2. The minimum Gasteiger partial charge on any atom is -0.491 e. The van der Waals surface area contributed by atoms with Crippen molar-refractivity contribution >= 4 is 11.6 Å². The fourth-order valence-electron chi connectivity index (χ4n) is 3.40. The lowest BCUT2D eigenvalue weighted by Gasteiger charge is -2.09. The highest BCUT2D eigenvalue weighted by atomic mass is 16.5. The van der Waals surface area contributed by atoms with Crippen LogP contribution in [-0.4, -0.2) is 32.0 Å². The van der Waals surface area contributed by atoms with Crippen LogP contribution in [0.1, 0.15) is 47.0 Å². The maximum Gasteiger partial charge on any atom is 0.278 e. The lowest BCUT2D eigenvalue weighted by Crippen LogP contribution is -2.15. The van der Waals surface area contributed by atoms with Crippen molar-refractivity contribution in [2.45, 2.75) is 47.3 Å². The maximum absolute atomic E-state index is 12.7. The predicted octanol–water partition coefficient (Wildman–Crippen LogP) is 4.95. The largest absolute Gasteiger partial charge is 0.491 e. The van der Waals surface area contributed by atoms with Gasteiger partial charge in [-0.15, -0.1) is 5.10 Å². The van der Waals surface area contributed by atoms with E-state index >= 15 is 0 Å². The number of amides is 1. The van der Waals surface area contributed by atoms with Crippen LogP contribution in [-0.2, 0) is 6.54 Å². The number of nitrogens with one attached hydrogen (secondary N) is 1. The van der Waals surface area contributed by atoms with Crippen LogP contribution in [0.15, 0.2) is 52.9 Å². The highest BCUT2D eigenvalue weighted by Gasteiger charge is 2.19. The number of anilines is 1. The normalized spacial score (nSPS) is 11.1. The van der Waals surface area contributed by atoms with Gasteiger partial charge in [0.15, 0.2) is 5.69 Å². The molecular formula is C25H27N5O3. The number of oxazole rings is 1. The molecule has 1 amide bonds. The summed E-state index contributed by atoms with van der Waals surface area (Å²) in [6.45, 7) is 9.94. The Labute approximate surface area is 192 Å². The van der Waals surface area contributed by atoms with E-state index in [-0.39, 0.29) is 17.7 Å². The molecule has 2 aromatic heterocycles. The maximum atomic E-state index is 12.7. The van der Waals surface area contributed by atoms with Gasteiger partial charge in [-0.1, -0.05) is 23.4 Å². The second-order valence-electron chi connectivity index (χ2n) is 8.16. The number of aromatic nitrogens is 4. The molecule has 33 heavy (non-hydrogen) atoms. The second kappa shape index (κ2) is 9.28. The van der Waals surface area contributed by atoms with Gasteiger partial charge in [-0.2, -0.15) is 0 Å². The van der Waals surface area contributed by atoms with Crippen molar-refractivity contribution in [1.82, 2.24) is 20.0 Å². The van der Waals surface area contributed by atoms with Gasteiger partial charge in [0, 0.05) is 11.3 Å². The minimum absolute atomic E-state index is 0.112. The number of carbonyl (C=O) groups excluding carboxylic acids is 1. The number of carbonyl (C=O) groups is 1. The van der Waals surface area contributed by atoms with Gasteiger partial charge in [0.25, 0.3) is 5.91 Å². The summed E-state index contributed by atoms with van der Waals surface area (Å²) < 4.78 is 13.2. The molecule has 0 aliphatic rings. The van der Waals surface area contributed by atoms with Gasteiger partial charge < -0.3 is 14.5 Å². The highest BCUT2D eigenvalue weighted by Crippen LogP contribution is 2.25. The van der Waals surface area contributed by atoms with Crippen molar-refractivity contribution in [2.24, 2.45) is 0 Å². The second-order valence-corrected chi connectivity index (χ2v) is 8.16. The molecule has 0 radical (unpaired) electrons. The Balaban J connectivity index is 1.50. The Morgan fingerprint density at radius 2 is 1.82 bits per heavy atom. The number of benzene rings is 2. The number of aryl methyl sites for hydroxylation is 2. The molecule has 8 nitrogen and oxygen atoms in total. The Bertz CT molecular complexity index is 1270. The van der Waals surface area contributed by atoms with E-state index in [4.69, 9.17) is 9.15 Å². The average molecular weight is 446 g/mol. The molecule has 0 atom stereocenters. The molecule has 0 bridgehead atoms. The molecule has 0 fully saturated rings. The molecule has 2 heterocycles. The molecule has 4 aromatic rings. The third kappa shape index (κ3) is 4.95. The van der Waals surface area contributed by atoms with Crippen LogP contribution in [0.4, 0.5) is 5.69 Å². The predicted molar refractivity (Wildman–Crippen MR) is 125 cm³/mol. The van der Waals surface area contributed by atoms with E-state index in [2.05, 4.69) is 20.6 Å². The van der Waals surface area contributed by atoms with Crippen LogP contribution < -0.4 is 10.1 Å². The minimum atomic E-state index is -0.297. The van der Waals surface area contributed by atoms with Crippen LogP contribution >= 0.6 is 0 Å². The first-order valence-electron chi connectivity index (χ1n) is 10.8. The molecule has 2 aromatic carbocycles. The van der Waals surface area contributed by atoms with Gasteiger partial charge in [0.05, 0.1) is 18.3 Å². The Morgan fingerprint density at radius 3 is 2.52 bits per heavy atom. The van der Waals surface area contributed by atoms with E-state index in [1.807, 2.05) is 83.1 Å². The zero-order valence-corrected chi connectivity index (χ0v) is 19.4. The van der Waals surface area contributed by atoms with E-state index in [0.717, 1.165) is 28.3 Å². The van der Waals surface area contributed by atoms with Crippen LogP contribution in [0.25, 0.3) is 11.5 Å². The molecule has 0 unspecified atom stereocenters.